The van der Waals surface area contributed by atoms with Gasteiger partial charge in [0.15, 0.2) is 0 Å². The minimum atomic E-state index is 0.0311. The standard InChI is InChI=1S/C16H24N4O2/c1-19-10-11(7-18-19)12-8-17-9-13(12)16(21)20-5-6-22-15-4-2-3-14(15)20/h7,10,12-15,17H,2-6,8-9H2,1H3/t12-,13+,14?,15?/m1/s1. The SMILES string of the molecule is Cn1cc([C@H]2CNC[C@@H]2C(=O)N2CCOC3CCCC32)cn1. The predicted octanol–water partition coefficient (Wildman–Crippen LogP) is 0.503. The lowest BCUT2D eigenvalue weighted by Crippen LogP contribution is -2.53. The average molecular weight is 304 g/mol. The Labute approximate surface area is 130 Å². The normalized spacial score (nSPS) is 34.9. The number of carbonyl (C=O) groups excluding carboxylic acids is 1. The summed E-state index contributed by atoms with van der Waals surface area (Å²) >= 11 is 0. The van der Waals surface area contributed by atoms with Crippen LogP contribution < -0.4 is 5.32 Å². The molecular weight excluding hydrogens is 280 g/mol. The van der Waals surface area contributed by atoms with Gasteiger partial charge in [-0.3, -0.25) is 9.48 Å². The van der Waals surface area contributed by atoms with Gasteiger partial charge in [0.1, 0.15) is 0 Å². The molecule has 2 saturated heterocycles. The number of aryl methyl sites for hydroxylation is 1. The Balaban J connectivity index is 1.53. The van der Waals surface area contributed by atoms with Gasteiger partial charge in [-0.05, 0) is 24.8 Å². The molecule has 1 aromatic rings. The molecule has 0 bridgehead atoms. The summed E-state index contributed by atoms with van der Waals surface area (Å²) < 4.78 is 7.65. The van der Waals surface area contributed by atoms with E-state index in [2.05, 4.69) is 15.3 Å². The van der Waals surface area contributed by atoms with E-state index in [1.807, 2.05) is 24.1 Å². The van der Waals surface area contributed by atoms with Crippen molar-refractivity contribution in [2.24, 2.45) is 13.0 Å². The van der Waals surface area contributed by atoms with Crippen molar-refractivity contribution in [3.05, 3.63) is 18.0 Å². The predicted molar refractivity (Wildman–Crippen MR) is 81.4 cm³/mol. The first-order chi connectivity index (χ1) is 10.7. The topological polar surface area (TPSA) is 59.4 Å². The van der Waals surface area contributed by atoms with E-state index in [1.54, 1.807) is 0 Å². The second-order valence-corrected chi connectivity index (χ2v) is 6.76. The van der Waals surface area contributed by atoms with Crippen LogP contribution in [0.1, 0.15) is 30.7 Å². The zero-order valence-corrected chi connectivity index (χ0v) is 13.1. The summed E-state index contributed by atoms with van der Waals surface area (Å²) in [6, 6.07) is 0.302. The van der Waals surface area contributed by atoms with Crippen molar-refractivity contribution in [3.63, 3.8) is 0 Å². The fourth-order valence-electron chi connectivity index (χ4n) is 4.33. The highest BCUT2D eigenvalue weighted by Crippen LogP contribution is 2.34. The number of aromatic nitrogens is 2. The number of carbonyl (C=O) groups is 1. The van der Waals surface area contributed by atoms with Crippen molar-refractivity contribution in [2.75, 3.05) is 26.2 Å². The second kappa shape index (κ2) is 5.66. The van der Waals surface area contributed by atoms with Crippen LogP contribution in [0.5, 0.6) is 0 Å². The Morgan fingerprint density at radius 3 is 3.14 bits per heavy atom. The number of hydrogen-bond acceptors (Lipinski definition) is 4. The fraction of sp³-hybridized carbons (Fsp3) is 0.750. The Morgan fingerprint density at radius 2 is 2.32 bits per heavy atom. The largest absolute Gasteiger partial charge is 0.374 e. The first-order valence-electron chi connectivity index (χ1n) is 8.35. The molecule has 2 aliphatic heterocycles. The zero-order chi connectivity index (χ0) is 15.1. The number of hydrogen-bond donors (Lipinski definition) is 1. The number of morpholine rings is 1. The van der Waals surface area contributed by atoms with Gasteiger partial charge in [0, 0.05) is 38.8 Å². The molecule has 6 heteroatoms. The van der Waals surface area contributed by atoms with Gasteiger partial charge in [0.25, 0.3) is 0 Å². The molecular formula is C16H24N4O2. The van der Waals surface area contributed by atoms with Crippen LogP contribution in [0, 0.1) is 5.92 Å². The maximum atomic E-state index is 13.1. The molecule has 1 aliphatic carbocycles. The molecule has 0 aromatic carbocycles. The van der Waals surface area contributed by atoms with Gasteiger partial charge in [-0.1, -0.05) is 0 Å². The molecule has 1 amide bonds. The van der Waals surface area contributed by atoms with Gasteiger partial charge < -0.3 is 15.0 Å². The van der Waals surface area contributed by atoms with E-state index in [1.165, 1.54) is 12.0 Å². The molecule has 6 nitrogen and oxygen atoms in total. The Hall–Kier alpha value is -1.40. The molecule has 0 spiro atoms. The van der Waals surface area contributed by atoms with Crippen molar-refractivity contribution >= 4 is 5.91 Å². The Bertz CT molecular complexity index is 558. The van der Waals surface area contributed by atoms with Crippen LogP contribution in [0.2, 0.25) is 0 Å². The summed E-state index contributed by atoms with van der Waals surface area (Å²) in [5, 5.41) is 7.66. The summed E-state index contributed by atoms with van der Waals surface area (Å²) in [7, 11) is 1.92. The molecule has 120 valence electrons. The molecule has 22 heavy (non-hydrogen) atoms. The quantitative estimate of drug-likeness (QED) is 0.864. The lowest BCUT2D eigenvalue weighted by molar-refractivity contribution is -0.148. The van der Waals surface area contributed by atoms with Crippen LogP contribution in [-0.4, -0.2) is 59.0 Å². The second-order valence-electron chi connectivity index (χ2n) is 6.76. The lowest BCUT2D eigenvalue weighted by atomic mass is 9.89. The molecule has 4 atom stereocenters. The maximum Gasteiger partial charge on any atom is 0.228 e. The summed E-state index contributed by atoms with van der Waals surface area (Å²) in [4.78, 5) is 15.3. The van der Waals surface area contributed by atoms with Crippen LogP contribution in [0.3, 0.4) is 0 Å². The molecule has 1 N–H and O–H groups in total. The first kappa shape index (κ1) is 14.2. The number of amides is 1. The van der Waals surface area contributed by atoms with Crippen molar-refractivity contribution in [1.82, 2.24) is 20.0 Å². The minimum Gasteiger partial charge on any atom is -0.374 e. The molecule has 1 aromatic heterocycles. The molecule has 4 rings (SSSR count). The highest BCUT2D eigenvalue weighted by Gasteiger charge is 2.43. The van der Waals surface area contributed by atoms with E-state index in [-0.39, 0.29) is 17.9 Å². The molecule has 0 radical (unpaired) electrons. The third-order valence-corrected chi connectivity index (χ3v) is 5.45. The van der Waals surface area contributed by atoms with E-state index in [4.69, 9.17) is 4.74 Å². The number of rotatable bonds is 2. The maximum absolute atomic E-state index is 13.1. The average Bonchev–Trinajstić information content (AvgIpc) is 3.25. The molecule has 3 heterocycles. The van der Waals surface area contributed by atoms with Crippen LogP contribution in [0.4, 0.5) is 0 Å². The van der Waals surface area contributed by atoms with E-state index < -0.39 is 0 Å². The van der Waals surface area contributed by atoms with Crippen molar-refractivity contribution in [2.45, 2.75) is 37.3 Å². The minimum absolute atomic E-state index is 0.0311. The first-order valence-corrected chi connectivity index (χ1v) is 8.35. The van der Waals surface area contributed by atoms with Gasteiger partial charge >= 0.3 is 0 Å². The van der Waals surface area contributed by atoms with E-state index in [0.29, 0.717) is 18.6 Å². The number of nitrogens with one attached hydrogen (secondary N) is 1. The third kappa shape index (κ3) is 2.34. The van der Waals surface area contributed by atoms with E-state index >= 15 is 0 Å². The van der Waals surface area contributed by atoms with Gasteiger partial charge in [-0.15, -0.1) is 0 Å². The monoisotopic (exact) mass is 304 g/mol. The van der Waals surface area contributed by atoms with Gasteiger partial charge in [0.2, 0.25) is 5.91 Å². The van der Waals surface area contributed by atoms with Crippen LogP contribution in [-0.2, 0) is 16.6 Å². The smallest absolute Gasteiger partial charge is 0.228 e. The zero-order valence-electron chi connectivity index (χ0n) is 13.1. The summed E-state index contributed by atoms with van der Waals surface area (Å²) in [5.74, 6) is 0.575. The lowest BCUT2D eigenvalue weighted by Gasteiger charge is -2.39. The van der Waals surface area contributed by atoms with Crippen molar-refractivity contribution in [3.8, 4) is 0 Å². The van der Waals surface area contributed by atoms with Crippen molar-refractivity contribution in [1.29, 1.82) is 0 Å². The highest BCUT2D eigenvalue weighted by molar-refractivity contribution is 5.81. The highest BCUT2D eigenvalue weighted by atomic mass is 16.5. The van der Waals surface area contributed by atoms with Crippen LogP contribution >= 0.6 is 0 Å². The van der Waals surface area contributed by atoms with Gasteiger partial charge in [0.05, 0.1) is 30.9 Å². The van der Waals surface area contributed by atoms with Gasteiger partial charge in [-0.25, -0.2) is 0 Å². The van der Waals surface area contributed by atoms with E-state index in [9.17, 15) is 4.79 Å². The van der Waals surface area contributed by atoms with Gasteiger partial charge in [-0.2, -0.15) is 5.10 Å². The third-order valence-electron chi connectivity index (χ3n) is 5.45. The number of fused-ring (bicyclic) bond motifs is 1. The molecule has 3 fully saturated rings. The van der Waals surface area contributed by atoms with Crippen molar-refractivity contribution < 1.29 is 9.53 Å². The molecule has 1 saturated carbocycles. The Kier molecular flexibility index (Phi) is 3.66. The molecule has 3 aliphatic rings. The van der Waals surface area contributed by atoms with Crippen LogP contribution in [0.15, 0.2) is 12.4 Å². The molecule has 2 unspecified atom stereocenters. The Morgan fingerprint density at radius 1 is 1.41 bits per heavy atom. The number of ether oxygens (including phenoxy) is 1. The summed E-state index contributed by atoms with van der Waals surface area (Å²) in [6.07, 6.45) is 7.57. The summed E-state index contributed by atoms with van der Waals surface area (Å²) in [5.41, 5.74) is 1.17. The van der Waals surface area contributed by atoms with Crippen LogP contribution in [0.25, 0.3) is 0 Å². The fourth-order valence-corrected chi connectivity index (χ4v) is 4.33. The van der Waals surface area contributed by atoms with E-state index in [0.717, 1.165) is 32.5 Å². The summed E-state index contributed by atoms with van der Waals surface area (Å²) in [6.45, 7) is 3.06. The number of nitrogens with zero attached hydrogens (tertiary/aromatic N) is 3.